The number of amides is 3. The number of nitrogens with one attached hydrogen (secondary N) is 3. The number of benzene rings is 2. The van der Waals surface area contributed by atoms with Gasteiger partial charge in [-0.05, 0) is 49.6 Å². The quantitative estimate of drug-likeness (QED) is 0.762. The lowest BCUT2D eigenvalue weighted by Crippen LogP contribution is -2.32. The van der Waals surface area contributed by atoms with Crippen molar-refractivity contribution >= 4 is 17.6 Å². The van der Waals surface area contributed by atoms with Crippen molar-refractivity contribution in [2.24, 2.45) is 0 Å². The van der Waals surface area contributed by atoms with Crippen molar-refractivity contribution < 1.29 is 9.59 Å². The Balaban J connectivity index is 1.48. The standard InChI is InChI=1S/C21H25N3O2/c1-15-5-4-6-16(13-15)14-22-21(26)24-19-11-9-17(10-12-19)20(25)23-18-7-2-3-8-18/h4-6,9-13,18H,2-3,7-8,14H2,1H3,(H,23,25)(H2,22,24,26). The predicted molar refractivity (Wildman–Crippen MR) is 103 cm³/mol. The highest BCUT2D eigenvalue weighted by atomic mass is 16.2. The minimum Gasteiger partial charge on any atom is -0.349 e. The van der Waals surface area contributed by atoms with Gasteiger partial charge in [0.2, 0.25) is 0 Å². The van der Waals surface area contributed by atoms with Crippen LogP contribution in [0.1, 0.15) is 47.2 Å². The molecule has 5 heteroatoms. The number of carbonyl (C=O) groups is 2. The van der Waals surface area contributed by atoms with Crippen molar-refractivity contribution in [3.05, 3.63) is 65.2 Å². The largest absolute Gasteiger partial charge is 0.349 e. The third-order valence-corrected chi connectivity index (χ3v) is 4.63. The van der Waals surface area contributed by atoms with Crippen LogP contribution < -0.4 is 16.0 Å². The van der Waals surface area contributed by atoms with Crippen LogP contribution in [-0.4, -0.2) is 18.0 Å². The Labute approximate surface area is 154 Å². The van der Waals surface area contributed by atoms with E-state index in [4.69, 9.17) is 0 Å². The van der Waals surface area contributed by atoms with E-state index in [-0.39, 0.29) is 11.9 Å². The lowest BCUT2D eigenvalue weighted by atomic mass is 10.1. The molecule has 0 heterocycles. The summed E-state index contributed by atoms with van der Waals surface area (Å²) in [5.41, 5.74) is 3.49. The number of carbonyl (C=O) groups excluding carboxylic acids is 2. The molecular formula is C21H25N3O2. The number of hydrogen-bond donors (Lipinski definition) is 3. The van der Waals surface area contributed by atoms with E-state index in [0.717, 1.165) is 24.0 Å². The summed E-state index contributed by atoms with van der Waals surface area (Å²) in [7, 11) is 0. The summed E-state index contributed by atoms with van der Waals surface area (Å²) in [5.74, 6) is -0.0488. The van der Waals surface area contributed by atoms with Gasteiger partial charge < -0.3 is 16.0 Å². The molecule has 0 radical (unpaired) electrons. The zero-order valence-corrected chi connectivity index (χ0v) is 15.0. The predicted octanol–water partition coefficient (Wildman–Crippen LogP) is 3.99. The molecule has 0 aromatic heterocycles. The Bertz CT molecular complexity index is 765. The summed E-state index contributed by atoms with van der Waals surface area (Å²) in [6.45, 7) is 2.49. The van der Waals surface area contributed by atoms with Crippen LogP contribution in [0.2, 0.25) is 0 Å². The molecular weight excluding hydrogens is 326 g/mol. The van der Waals surface area contributed by atoms with E-state index in [1.165, 1.54) is 12.8 Å². The molecule has 26 heavy (non-hydrogen) atoms. The van der Waals surface area contributed by atoms with Crippen LogP contribution in [0.25, 0.3) is 0 Å². The second kappa shape index (κ2) is 8.52. The first-order chi connectivity index (χ1) is 12.6. The summed E-state index contributed by atoms with van der Waals surface area (Å²) >= 11 is 0. The number of rotatable bonds is 5. The van der Waals surface area contributed by atoms with Crippen LogP contribution in [0.15, 0.2) is 48.5 Å². The van der Waals surface area contributed by atoms with Crippen LogP contribution in [-0.2, 0) is 6.54 Å². The highest BCUT2D eigenvalue weighted by Crippen LogP contribution is 2.18. The molecule has 1 aliphatic rings. The van der Waals surface area contributed by atoms with Crippen molar-refractivity contribution in [2.75, 3.05) is 5.32 Å². The van der Waals surface area contributed by atoms with Gasteiger partial charge in [-0.3, -0.25) is 4.79 Å². The fourth-order valence-electron chi connectivity index (χ4n) is 3.22. The topological polar surface area (TPSA) is 70.2 Å². The van der Waals surface area contributed by atoms with E-state index >= 15 is 0 Å². The Morgan fingerprint density at radius 2 is 1.77 bits per heavy atom. The number of aryl methyl sites for hydroxylation is 1. The lowest BCUT2D eigenvalue weighted by Gasteiger charge is -2.12. The summed E-state index contributed by atoms with van der Waals surface area (Å²) in [6, 6.07) is 15.0. The zero-order valence-electron chi connectivity index (χ0n) is 15.0. The molecule has 136 valence electrons. The van der Waals surface area contributed by atoms with Crippen LogP contribution in [0.3, 0.4) is 0 Å². The molecule has 0 bridgehead atoms. The van der Waals surface area contributed by atoms with Gasteiger partial charge in [-0.1, -0.05) is 42.7 Å². The monoisotopic (exact) mass is 351 g/mol. The Hall–Kier alpha value is -2.82. The van der Waals surface area contributed by atoms with Crippen LogP contribution in [0, 0.1) is 6.92 Å². The number of anilines is 1. The van der Waals surface area contributed by atoms with Gasteiger partial charge in [-0.2, -0.15) is 0 Å². The maximum atomic E-state index is 12.2. The zero-order chi connectivity index (χ0) is 18.4. The molecule has 0 saturated heterocycles. The van der Waals surface area contributed by atoms with Crippen LogP contribution in [0.4, 0.5) is 10.5 Å². The van der Waals surface area contributed by atoms with Crippen LogP contribution >= 0.6 is 0 Å². The van der Waals surface area contributed by atoms with Gasteiger partial charge in [-0.25, -0.2) is 4.79 Å². The molecule has 3 amide bonds. The molecule has 0 atom stereocenters. The minimum atomic E-state index is -0.269. The average molecular weight is 351 g/mol. The average Bonchev–Trinajstić information content (AvgIpc) is 3.14. The Kier molecular flexibility index (Phi) is 5.89. The molecule has 3 N–H and O–H groups in total. The number of urea groups is 1. The third kappa shape index (κ3) is 5.09. The van der Waals surface area contributed by atoms with Gasteiger partial charge in [0, 0.05) is 23.8 Å². The third-order valence-electron chi connectivity index (χ3n) is 4.63. The minimum absolute atomic E-state index is 0.0488. The Morgan fingerprint density at radius 1 is 1.04 bits per heavy atom. The van der Waals surface area contributed by atoms with Crippen molar-refractivity contribution in [3.8, 4) is 0 Å². The van der Waals surface area contributed by atoms with Crippen molar-refractivity contribution in [1.29, 1.82) is 0 Å². The second-order valence-electron chi connectivity index (χ2n) is 6.83. The molecule has 0 aliphatic heterocycles. The molecule has 1 saturated carbocycles. The van der Waals surface area contributed by atoms with Gasteiger partial charge in [0.05, 0.1) is 0 Å². The first-order valence-electron chi connectivity index (χ1n) is 9.11. The van der Waals surface area contributed by atoms with Gasteiger partial charge in [-0.15, -0.1) is 0 Å². The fourth-order valence-corrected chi connectivity index (χ4v) is 3.22. The molecule has 2 aromatic rings. The molecule has 0 spiro atoms. The van der Waals surface area contributed by atoms with Gasteiger partial charge in [0.15, 0.2) is 0 Å². The summed E-state index contributed by atoms with van der Waals surface area (Å²) in [5, 5.41) is 8.67. The van der Waals surface area contributed by atoms with Crippen molar-refractivity contribution in [2.45, 2.75) is 45.2 Å². The highest BCUT2D eigenvalue weighted by molar-refractivity contribution is 5.95. The summed E-state index contributed by atoms with van der Waals surface area (Å²) in [6.07, 6.45) is 4.50. The molecule has 0 unspecified atom stereocenters. The SMILES string of the molecule is Cc1cccc(CNC(=O)Nc2ccc(C(=O)NC3CCCC3)cc2)c1. The summed E-state index contributed by atoms with van der Waals surface area (Å²) < 4.78 is 0. The van der Waals surface area contributed by atoms with Gasteiger partial charge >= 0.3 is 6.03 Å². The summed E-state index contributed by atoms with van der Waals surface area (Å²) in [4.78, 5) is 24.2. The smallest absolute Gasteiger partial charge is 0.319 e. The molecule has 5 nitrogen and oxygen atoms in total. The van der Waals surface area contributed by atoms with E-state index in [0.29, 0.717) is 23.8 Å². The second-order valence-corrected chi connectivity index (χ2v) is 6.83. The first-order valence-corrected chi connectivity index (χ1v) is 9.11. The van der Waals surface area contributed by atoms with E-state index in [2.05, 4.69) is 16.0 Å². The van der Waals surface area contributed by atoms with Gasteiger partial charge in [0.25, 0.3) is 5.91 Å². The van der Waals surface area contributed by atoms with E-state index in [1.54, 1.807) is 24.3 Å². The maximum absolute atomic E-state index is 12.2. The van der Waals surface area contributed by atoms with E-state index in [1.807, 2.05) is 31.2 Å². The molecule has 1 fully saturated rings. The molecule has 1 aliphatic carbocycles. The van der Waals surface area contributed by atoms with Crippen LogP contribution in [0.5, 0.6) is 0 Å². The van der Waals surface area contributed by atoms with Gasteiger partial charge in [0.1, 0.15) is 0 Å². The van der Waals surface area contributed by atoms with Crippen molar-refractivity contribution in [1.82, 2.24) is 10.6 Å². The highest BCUT2D eigenvalue weighted by Gasteiger charge is 2.17. The number of hydrogen-bond acceptors (Lipinski definition) is 2. The first kappa shape index (κ1) is 18.0. The lowest BCUT2D eigenvalue weighted by molar-refractivity contribution is 0.0938. The fraction of sp³-hybridized carbons (Fsp3) is 0.333. The molecule has 2 aromatic carbocycles. The maximum Gasteiger partial charge on any atom is 0.319 e. The van der Waals surface area contributed by atoms with Crippen molar-refractivity contribution in [3.63, 3.8) is 0 Å². The van der Waals surface area contributed by atoms with E-state index in [9.17, 15) is 9.59 Å². The normalized spacial score (nSPS) is 14.0. The van der Waals surface area contributed by atoms with E-state index < -0.39 is 0 Å². The Morgan fingerprint density at radius 3 is 2.46 bits per heavy atom. The molecule has 3 rings (SSSR count).